The van der Waals surface area contributed by atoms with Gasteiger partial charge in [0.05, 0.1) is 6.10 Å². The quantitative estimate of drug-likeness (QED) is 0.663. The first-order chi connectivity index (χ1) is 11.1. The van der Waals surface area contributed by atoms with Crippen molar-refractivity contribution in [2.75, 3.05) is 6.54 Å². The molecule has 6 nitrogen and oxygen atoms in total. The molecule has 1 amide bonds. The van der Waals surface area contributed by atoms with Crippen LogP contribution in [0, 0.1) is 0 Å². The molecule has 0 unspecified atom stereocenters. The largest absolute Gasteiger partial charge is 0.443 e. The number of carbonyl (C=O) groups excluding carboxylic acids is 1. The van der Waals surface area contributed by atoms with E-state index in [1.54, 1.807) is 25.8 Å². The van der Waals surface area contributed by atoms with E-state index in [0.29, 0.717) is 6.42 Å². The zero-order valence-corrected chi connectivity index (χ0v) is 15.3. The molecule has 0 fully saturated rings. The first-order valence-corrected chi connectivity index (χ1v) is 8.32. The molecule has 2 atom stereocenters. The zero-order valence-electron chi connectivity index (χ0n) is 15.3. The maximum Gasteiger partial charge on any atom is 0.422 e. The summed E-state index contributed by atoms with van der Waals surface area (Å²) in [4.78, 5) is 11.9. The Morgan fingerprint density at radius 2 is 1.88 bits per heavy atom. The van der Waals surface area contributed by atoms with Crippen molar-refractivity contribution in [3.8, 4) is 0 Å². The second kappa shape index (κ2) is 9.01. The molecule has 0 spiro atoms. The molecular weight excluding hydrogens is 306 g/mol. The highest BCUT2D eigenvalue weighted by molar-refractivity contribution is 5.67. The van der Waals surface area contributed by atoms with E-state index in [9.17, 15) is 9.90 Å². The fourth-order valence-electron chi connectivity index (χ4n) is 2.16. The Hall–Kier alpha value is -1.63. The zero-order chi connectivity index (χ0) is 18.3. The molecule has 0 aliphatic heterocycles. The predicted octanol–water partition coefficient (Wildman–Crippen LogP) is 2.07. The molecule has 4 N–H and O–H groups in total. The van der Waals surface area contributed by atoms with Gasteiger partial charge < -0.3 is 15.6 Å². The Morgan fingerprint density at radius 1 is 1.29 bits per heavy atom. The van der Waals surface area contributed by atoms with E-state index in [1.165, 1.54) is 0 Å². The molecule has 0 saturated heterocycles. The van der Waals surface area contributed by atoms with E-state index in [-0.39, 0.29) is 12.6 Å². The maximum atomic E-state index is 11.9. The fourth-order valence-corrected chi connectivity index (χ4v) is 2.16. The van der Waals surface area contributed by atoms with Crippen LogP contribution < -0.4 is 11.2 Å². The predicted molar refractivity (Wildman–Crippen MR) is 95.3 cm³/mol. The van der Waals surface area contributed by atoms with Crippen LogP contribution in [0.25, 0.3) is 0 Å². The third-order valence-corrected chi connectivity index (χ3v) is 3.45. The number of nitrogens with one attached hydrogen (secondary N) is 1. The van der Waals surface area contributed by atoms with Gasteiger partial charge in [-0.2, -0.15) is 0 Å². The van der Waals surface area contributed by atoms with Gasteiger partial charge in [0.25, 0.3) is 0 Å². The van der Waals surface area contributed by atoms with Crippen molar-refractivity contribution in [1.29, 1.82) is 0 Å². The van der Waals surface area contributed by atoms with E-state index in [0.717, 1.165) is 5.56 Å². The molecule has 0 bridgehead atoms. The minimum absolute atomic E-state index is 0.00362. The number of nitrogens with zero attached hydrogens (tertiary/aromatic N) is 1. The molecule has 0 saturated carbocycles. The van der Waals surface area contributed by atoms with Crippen molar-refractivity contribution in [1.82, 2.24) is 10.4 Å². The average Bonchev–Trinajstić information content (AvgIpc) is 2.45. The lowest BCUT2D eigenvalue weighted by Gasteiger charge is -2.32. The monoisotopic (exact) mass is 337 g/mol. The molecule has 136 valence electrons. The number of ether oxygens (including phenoxy) is 1. The summed E-state index contributed by atoms with van der Waals surface area (Å²) in [5.41, 5.74) is 9.28. The van der Waals surface area contributed by atoms with Crippen LogP contribution in [0.5, 0.6) is 0 Å². The summed E-state index contributed by atoms with van der Waals surface area (Å²) in [5.74, 6) is 0. The molecule has 1 rings (SSSR count). The molecule has 1 aromatic carbocycles. The van der Waals surface area contributed by atoms with Gasteiger partial charge in [0.2, 0.25) is 0 Å². The lowest BCUT2D eigenvalue weighted by molar-refractivity contribution is 0.0100. The van der Waals surface area contributed by atoms with Gasteiger partial charge in [0.1, 0.15) is 5.60 Å². The number of nitrogens with two attached hydrogens (primary N) is 1. The average molecular weight is 337 g/mol. The number of amides is 1. The minimum Gasteiger partial charge on any atom is -0.443 e. The molecule has 0 aliphatic rings. The molecule has 0 heterocycles. The first-order valence-electron chi connectivity index (χ1n) is 8.32. The molecule has 0 aliphatic carbocycles. The number of carbonyl (C=O) groups is 1. The second-order valence-corrected chi connectivity index (χ2v) is 7.28. The third-order valence-electron chi connectivity index (χ3n) is 3.45. The van der Waals surface area contributed by atoms with Gasteiger partial charge in [0, 0.05) is 18.6 Å². The van der Waals surface area contributed by atoms with Gasteiger partial charge in [-0.05, 0) is 46.6 Å². The van der Waals surface area contributed by atoms with Crippen molar-refractivity contribution in [3.63, 3.8) is 0 Å². The standard InChI is InChI=1S/C18H31N3O3/c1-13(2)21(20-17(23)24-18(3,4)5)12-16(22)15(19)11-14-9-7-6-8-10-14/h6-10,13,15-16,22H,11-12,19H2,1-5H3,(H,20,23)/t15-,16-/m0/s1. The summed E-state index contributed by atoms with van der Waals surface area (Å²) < 4.78 is 5.25. The minimum atomic E-state index is -0.775. The Balaban J connectivity index is 2.58. The topological polar surface area (TPSA) is 87.8 Å². The number of aliphatic hydroxyl groups excluding tert-OH is 1. The molecule has 24 heavy (non-hydrogen) atoms. The summed E-state index contributed by atoms with van der Waals surface area (Å²) in [6.07, 6.45) is -0.747. The van der Waals surface area contributed by atoms with Crippen LogP contribution in [0.3, 0.4) is 0 Å². The van der Waals surface area contributed by atoms with Crippen LogP contribution in [0.2, 0.25) is 0 Å². The highest BCUT2D eigenvalue weighted by atomic mass is 16.6. The molecule has 0 radical (unpaired) electrons. The van der Waals surface area contributed by atoms with Crippen molar-refractivity contribution >= 4 is 6.09 Å². The van der Waals surface area contributed by atoms with E-state index < -0.39 is 23.8 Å². The number of hydrogen-bond donors (Lipinski definition) is 3. The van der Waals surface area contributed by atoms with Crippen molar-refractivity contribution in [3.05, 3.63) is 35.9 Å². The number of hydrazine groups is 1. The highest BCUT2D eigenvalue weighted by Gasteiger charge is 2.24. The fraction of sp³-hybridized carbons (Fsp3) is 0.611. The van der Waals surface area contributed by atoms with Crippen LogP contribution in [0.15, 0.2) is 30.3 Å². The smallest absolute Gasteiger partial charge is 0.422 e. The molecular formula is C18H31N3O3. The Morgan fingerprint density at radius 3 is 2.38 bits per heavy atom. The van der Waals surface area contributed by atoms with Gasteiger partial charge >= 0.3 is 6.09 Å². The number of hydrogen-bond acceptors (Lipinski definition) is 5. The van der Waals surface area contributed by atoms with Gasteiger partial charge in [-0.1, -0.05) is 30.3 Å². The first kappa shape index (κ1) is 20.4. The summed E-state index contributed by atoms with van der Waals surface area (Å²) in [7, 11) is 0. The summed E-state index contributed by atoms with van der Waals surface area (Å²) in [5, 5.41) is 12.0. The summed E-state index contributed by atoms with van der Waals surface area (Å²) >= 11 is 0. The Kier molecular flexibility index (Phi) is 7.66. The van der Waals surface area contributed by atoms with Gasteiger partial charge in [-0.25, -0.2) is 9.80 Å². The van der Waals surface area contributed by atoms with E-state index in [1.807, 2.05) is 44.2 Å². The molecule has 0 aromatic heterocycles. The number of aliphatic hydroxyl groups is 1. The Labute approximate surface area is 144 Å². The van der Waals surface area contributed by atoms with Crippen LogP contribution in [-0.4, -0.2) is 46.5 Å². The van der Waals surface area contributed by atoms with Crippen LogP contribution >= 0.6 is 0 Å². The third kappa shape index (κ3) is 7.77. The highest BCUT2D eigenvalue weighted by Crippen LogP contribution is 2.09. The molecule has 1 aromatic rings. The van der Waals surface area contributed by atoms with E-state index in [4.69, 9.17) is 10.5 Å². The van der Waals surface area contributed by atoms with E-state index in [2.05, 4.69) is 5.43 Å². The maximum absolute atomic E-state index is 11.9. The van der Waals surface area contributed by atoms with Crippen LogP contribution in [0.4, 0.5) is 4.79 Å². The lowest BCUT2D eigenvalue weighted by atomic mass is 10.0. The van der Waals surface area contributed by atoms with Crippen molar-refractivity contribution in [2.24, 2.45) is 5.73 Å². The summed E-state index contributed by atoms with van der Waals surface area (Å²) in [6, 6.07) is 9.36. The Bertz CT molecular complexity index is 500. The van der Waals surface area contributed by atoms with Gasteiger partial charge in [0.15, 0.2) is 0 Å². The number of benzene rings is 1. The van der Waals surface area contributed by atoms with Gasteiger partial charge in [-0.15, -0.1) is 0 Å². The summed E-state index contributed by atoms with van der Waals surface area (Å²) in [6.45, 7) is 9.48. The van der Waals surface area contributed by atoms with Crippen molar-refractivity contribution < 1.29 is 14.6 Å². The van der Waals surface area contributed by atoms with Crippen LogP contribution in [-0.2, 0) is 11.2 Å². The normalized spacial score (nSPS) is 14.5. The van der Waals surface area contributed by atoms with E-state index >= 15 is 0 Å². The second-order valence-electron chi connectivity index (χ2n) is 7.28. The van der Waals surface area contributed by atoms with Crippen molar-refractivity contribution in [2.45, 2.75) is 64.8 Å². The van der Waals surface area contributed by atoms with Gasteiger partial charge in [-0.3, -0.25) is 5.43 Å². The number of rotatable bonds is 7. The molecule has 6 heteroatoms. The SMILES string of the molecule is CC(C)N(C[C@H](O)[C@@H](N)Cc1ccccc1)NC(=O)OC(C)(C)C. The van der Waals surface area contributed by atoms with Crippen LogP contribution in [0.1, 0.15) is 40.2 Å². The lowest BCUT2D eigenvalue weighted by Crippen LogP contribution is -2.54.